The lowest BCUT2D eigenvalue weighted by Crippen LogP contribution is -2.17. The van der Waals surface area contributed by atoms with Crippen molar-refractivity contribution in [1.82, 2.24) is 0 Å². The number of ether oxygens (including phenoxy) is 1. The molecule has 1 aromatic rings. The molecule has 0 aromatic heterocycles. The lowest BCUT2D eigenvalue weighted by Gasteiger charge is -2.16. The van der Waals surface area contributed by atoms with Crippen LogP contribution in [0.15, 0.2) is 18.2 Å². The van der Waals surface area contributed by atoms with Crippen molar-refractivity contribution in [2.75, 3.05) is 0 Å². The second-order valence-corrected chi connectivity index (χ2v) is 4.29. The van der Waals surface area contributed by atoms with Gasteiger partial charge in [0.15, 0.2) is 0 Å². The van der Waals surface area contributed by atoms with E-state index in [4.69, 9.17) is 5.11 Å². The molecule has 0 amide bonds. The van der Waals surface area contributed by atoms with Crippen LogP contribution in [-0.4, -0.2) is 17.4 Å². The number of aliphatic carboxylic acids is 1. The van der Waals surface area contributed by atoms with Crippen LogP contribution in [-0.2, 0) is 11.2 Å². The summed E-state index contributed by atoms with van der Waals surface area (Å²) in [6, 6.07) is 3.84. The molecular formula is C13H15F3O3. The van der Waals surface area contributed by atoms with Crippen LogP contribution < -0.4 is 4.74 Å². The molecule has 0 spiro atoms. The zero-order chi connectivity index (χ0) is 14.6. The first-order valence-corrected chi connectivity index (χ1v) is 5.83. The standard InChI is InChI=1S/C13H15F3O3/c1-3-8(2)11-5-4-10(19-13(14,15)16)6-9(11)7-12(17)18/h4-6,8H,3,7H2,1-2H3,(H,17,18). The first-order valence-electron chi connectivity index (χ1n) is 5.83. The molecule has 3 nitrogen and oxygen atoms in total. The van der Waals surface area contributed by atoms with Gasteiger partial charge in [-0.3, -0.25) is 4.79 Å². The number of hydrogen-bond donors (Lipinski definition) is 1. The maximum absolute atomic E-state index is 12.1. The van der Waals surface area contributed by atoms with Gasteiger partial charge in [-0.05, 0) is 35.6 Å². The highest BCUT2D eigenvalue weighted by molar-refractivity contribution is 5.71. The fourth-order valence-electron chi connectivity index (χ4n) is 1.80. The first kappa shape index (κ1) is 15.3. The third kappa shape index (κ3) is 4.81. The van der Waals surface area contributed by atoms with E-state index in [9.17, 15) is 18.0 Å². The fourth-order valence-corrected chi connectivity index (χ4v) is 1.80. The monoisotopic (exact) mass is 276 g/mol. The minimum absolute atomic E-state index is 0.0780. The Morgan fingerprint density at radius 3 is 2.53 bits per heavy atom. The molecule has 0 saturated carbocycles. The molecule has 0 bridgehead atoms. The van der Waals surface area contributed by atoms with Gasteiger partial charge in [0.25, 0.3) is 0 Å². The Bertz CT molecular complexity index is 455. The summed E-state index contributed by atoms with van der Waals surface area (Å²) < 4.78 is 40.2. The number of benzene rings is 1. The largest absolute Gasteiger partial charge is 0.573 e. The molecule has 0 heterocycles. The number of alkyl halides is 3. The minimum Gasteiger partial charge on any atom is -0.481 e. The Kier molecular flexibility index (Phi) is 4.80. The molecule has 0 aliphatic carbocycles. The van der Waals surface area contributed by atoms with E-state index in [0.29, 0.717) is 5.56 Å². The molecule has 1 rings (SSSR count). The summed E-state index contributed by atoms with van der Waals surface area (Å²) in [4.78, 5) is 10.8. The Morgan fingerprint density at radius 1 is 1.42 bits per heavy atom. The van der Waals surface area contributed by atoms with Crippen LogP contribution in [0.4, 0.5) is 13.2 Å². The van der Waals surface area contributed by atoms with Gasteiger partial charge < -0.3 is 9.84 Å². The van der Waals surface area contributed by atoms with Crippen molar-refractivity contribution < 1.29 is 27.8 Å². The summed E-state index contributed by atoms with van der Waals surface area (Å²) in [5.74, 6) is -1.40. The van der Waals surface area contributed by atoms with E-state index in [1.807, 2.05) is 13.8 Å². The van der Waals surface area contributed by atoms with Gasteiger partial charge in [0, 0.05) is 0 Å². The van der Waals surface area contributed by atoms with Gasteiger partial charge in [-0.15, -0.1) is 13.2 Å². The molecule has 19 heavy (non-hydrogen) atoms. The summed E-state index contributed by atoms with van der Waals surface area (Å²) in [7, 11) is 0. The highest BCUT2D eigenvalue weighted by atomic mass is 19.4. The molecule has 0 saturated heterocycles. The van der Waals surface area contributed by atoms with Crippen LogP contribution in [0.1, 0.15) is 37.3 Å². The molecule has 6 heteroatoms. The number of carbonyl (C=O) groups is 1. The molecule has 1 aromatic carbocycles. The quantitative estimate of drug-likeness (QED) is 0.891. The molecule has 1 N–H and O–H groups in total. The van der Waals surface area contributed by atoms with Crippen molar-refractivity contribution in [3.8, 4) is 5.75 Å². The van der Waals surface area contributed by atoms with E-state index < -0.39 is 18.1 Å². The van der Waals surface area contributed by atoms with E-state index in [1.54, 1.807) is 0 Å². The van der Waals surface area contributed by atoms with Crippen molar-refractivity contribution in [2.45, 2.75) is 39.0 Å². The second kappa shape index (κ2) is 5.95. The molecule has 1 atom stereocenters. The van der Waals surface area contributed by atoms with Crippen molar-refractivity contribution in [3.63, 3.8) is 0 Å². The SMILES string of the molecule is CCC(C)c1ccc(OC(F)(F)F)cc1CC(=O)O. The van der Waals surface area contributed by atoms with Crippen molar-refractivity contribution in [2.24, 2.45) is 0 Å². The van der Waals surface area contributed by atoms with E-state index >= 15 is 0 Å². The molecule has 0 aliphatic rings. The Morgan fingerprint density at radius 2 is 2.05 bits per heavy atom. The predicted octanol–water partition coefficient (Wildman–Crippen LogP) is 3.73. The maximum atomic E-state index is 12.1. The number of carboxylic acids is 1. The molecule has 1 unspecified atom stereocenters. The van der Waals surface area contributed by atoms with Crippen LogP contribution in [0.25, 0.3) is 0 Å². The first-order chi connectivity index (χ1) is 8.73. The number of rotatable bonds is 5. The van der Waals surface area contributed by atoms with Crippen molar-refractivity contribution in [1.29, 1.82) is 0 Å². The zero-order valence-corrected chi connectivity index (χ0v) is 10.6. The van der Waals surface area contributed by atoms with Gasteiger partial charge in [-0.25, -0.2) is 0 Å². The van der Waals surface area contributed by atoms with Gasteiger partial charge in [-0.1, -0.05) is 19.9 Å². The smallest absolute Gasteiger partial charge is 0.481 e. The normalized spacial score (nSPS) is 13.1. The average Bonchev–Trinajstić information content (AvgIpc) is 2.25. The number of halogens is 3. The highest BCUT2D eigenvalue weighted by Gasteiger charge is 2.31. The summed E-state index contributed by atoms with van der Waals surface area (Å²) >= 11 is 0. The van der Waals surface area contributed by atoms with E-state index in [2.05, 4.69) is 4.74 Å². The Labute approximate surface area is 109 Å². The average molecular weight is 276 g/mol. The molecule has 0 aliphatic heterocycles. The molecule has 106 valence electrons. The molecule has 0 radical (unpaired) electrons. The lowest BCUT2D eigenvalue weighted by molar-refractivity contribution is -0.274. The Hall–Kier alpha value is -1.72. The Balaban J connectivity index is 3.11. The zero-order valence-electron chi connectivity index (χ0n) is 10.6. The summed E-state index contributed by atoms with van der Waals surface area (Å²) in [5, 5.41) is 8.81. The third-order valence-corrected chi connectivity index (χ3v) is 2.83. The van der Waals surface area contributed by atoms with Gasteiger partial charge in [0.1, 0.15) is 5.75 Å². The van der Waals surface area contributed by atoms with Gasteiger partial charge in [-0.2, -0.15) is 0 Å². The lowest BCUT2D eigenvalue weighted by atomic mass is 9.92. The van der Waals surface area contributed by atoms with E-state index in [0.717, 1.165) is 18.1 Å². The topological polar surface area (TPSA) is 46.5 Å². The van der Waals surface area contributed by atoms with Crippen LogP contribution >= 0.6 is 0 Å². The van der Waals surface area contributed by atoms with Gasteiger partial charge in [0.05, 0.1) is 6.42 Å². The van der Waals surface area contributed by atoms with Gasteiger partial charge >= 0.3 is 12.3 Å². The highest BCUT2D eigenvalue weighted by Crippen LogP contribution is 2.29. The fraction of sp³-hybridized carbons (Fsp3) is 0.462. The predicted molar refractivity (Wildman–Crippen MR) is 63.2 cm³/mol. The molecule has 0 fully saturated rings. The second-order valence-electron chi connectivity index (χ2n) is 4.29. The summed E-state index contributed by atoms with van der Waals surface area (Å²) in [6.07, 6.45) is -4.33. The number of carboxylic acid groups (broad SMARTS) is 1. The minimum atomic E-state index is -4.78. The molecular weight excluding hydrogens is 261 g/mol. The van der Waals surface area contributed by atoms with Crippen LogP contribution in [0.3, 0.4) is 0 Å². The van der Waals surface area contributed by atoms with Crippen molar-refractivity contribution >= 4 is 5.97 Å². The maximum Gasteiger partial charge on any atom is 0.573 e. The van der Waals surface area contributed by atoms with Crippen molar-refractivity contribution in [3.05, 3.63) is 29.3 Å². The van der Waals surface area contributed by atoms with Gasteiger partial charge in [0.2, 0.25) is 0 Å². The summed E-state index contributed by atoms with van der Waals surface area (Å²) in [6.45, 7) is 3.82. The van der Waals surface area contributed by atoms with Crippen LogP contribution in [0, 0.1) is 0 Å². The van der Waals surface area contributed by atoms with Crippen LogP contribution in [0.2, 0.25) is 0 Å². The van der Waals surface area contributed by atoms with E-state index in [1.165, 1.54) is 12.1 Å². The third-order valence-electron chi connectivity index (χ3n) is 2.83. The van der Waals surface area contributed by atoms with Crippen LogP contribution in [0.5, 0.6) is 5.75 Å². The number of hydrogen-bond acceptors (Lipinski definition) is 2. The van der Waals surface area contributed by atoms with E-state index in [-0.39, 0.29) is 12.3 Å². The summed E-state index contributed by atoms with van der Waals surface area (Å²) in [5.41, 5.74) is 1.09.